The summed E-state index contributed by atoms with van der Waals surface area (Å²) in [5.74, 6) is 0.561. The second kappa shape index (κ2) is 5.49. The molecule has 0 unspecified atom stereocenters. The van der Waals surface area contributed by atoms with Gasteiger partial charge in [-0.1, -0.05) is 30.3 Å². The topological polar surface area (TPSA) is 50.7 Å². The van der Waals surface area contributed by atoms with E-state index in [1.807, 2.05) is 42.5 Å². The van der Waals surface area contributed by atoms with Gasteiger partial charge in [0.25, 0.3) is 5.56 Å². The molecule has 2 aromatic carbocycles. The third-order valence-corrected chi connectivity index (χ3v) is 4.49. The predicted molar refractivity (Wildman–Crippen MR) is 98.9 cm³/mol. The zero-order chi connectivity index (χ0) is 16.7. The summed E-state index contributed by atoms with van der Waals surface area (Å²) in [5.41, 5.74) is 4.10. The summed E-state index contributed by atoms with van der Waals surface area (Å²) in [6, 6.07) is 15.7. The van der Waals surface area contributed by atoms with Crippen molar-refractivity contribution in [3.8, 4) is 0 Å². The van der Waals surface area contributed by atoms with E-state index < -0.39 is 0 Å². The van der Waals surface area contributed by atoms with E-state index in [0.29, 0.717) is 16.7 Å². The second-order valence-corrected chi connectivity index (χ2v) is 5.88. The van der Waals surface area contributed by atoms with Crippen molar-refractivity contribution in [2.75, 3.05) is 0 Å². The first-order chi connectivity index (χ1) is 11.6. The lowest BCUT2D eigenvalue weighted by atomic mass is 10.1. The fourth-order valence-corrected chi connectivity index (χ4v) is 3.11. The zero-order valence-corrected chi connectivity index (χ0v) is 13.6. The summed E-state index contributed by atoms with van der Waals surface area (Å²) in [7, 11) is 2.06. The highest BCUT2D eigenvalue weighted by Gasteiger charge is 2.09. The van der Waals surface area contributed by atoms with Gasteiger partial charge in [-0.2, -0.15) is 0 Å². The van der Waals surface area contributed by atoms with Gasteiger partial charge in [-0.15, -0.1) is 0 Å². The minimum Gasteiger partial charge on any atom is -0.347 e. The summed E-state index contributed by atoms with van der Waals surface area (Å²) in [4.78, 5) is 19.5. The Bertz CT molecular complexity index is 1150. The van der Waals surface area contributed by atoms with Gasteiger partial charge in [0.1, 0.15) is 5.82 Å². The molecule has 1 N–H and O–H groups in total. The molecule has 0 radical (unpaired) electrons. The van der Waals surface area contributed by atoms with Gasteiger partial charge in [0.05, 0.1) is 10.9 Å². The van der Waals surface area contributed by atoms with Gasteiger partial charge in [-0.25, -0.2) is 4.98 Å². The van der Waals surface area contributed by atoms with Gasteiger partial charge in [-0.05, 0) is 37.3 Å². The molecular formula is C20H17N3O. The van der Waals surface area contributed by atoms with Crippen LogP contribution in [-0.2, 0) is 7.05 Å². The Hall–Kier alpha value is -3.14. The number of fused-ring (bicyclic) bond motifs is 2. The van der Waals surface area contributed by atoms with E-state index in [4.69, 9.17) is 0 Å². The van der Waals surface area contributed by atoms with E-state index >= 15 is 0 Å². The third kappa shape index (κ3) is 2.24. The molecule has 118 valence electrons. The van der Waals surface area contributed by atoms with E-state index in [9.17, 15) is 4.79 Å². The number of nitrogens with zero attached hydrogens (tertiary/aromatic N) is 2. The molecule has 0 amide bonds. The number of rotatable bonds is 2. The summed E-state index contributed by atoms with van der Waals surface area (Å²) in [6.07, 6.45) is 3.88. The van der Waals surface area contributed by atoms with Crippen LogP contribution in [0.4, 0.5) is 0 Å². The molecule has 4 aromatic rings. The van der Waals surface area contributed by atoms with E-state index in [1.54, 1.807) is 6.07 Å². The molecule has 2 heterocycles. The molecule has 4 nitrogen and oxygen atoms in total. The van der Waals surface area contributed by atoms with Crippen molar-refractivity contribution >= 4 is 34.0 Å². The molecule has 0 fully saturated rings. The Morgan fingerprint density at radius 2 is 1.71 bits per heavy atom. The maximum absolute atomic E-state index is 12.2. The van der Waals surface area contributed by atoms with Crippen LogP contribution in [0, 0.1) is 6.92 Å². The monoisotopic (exact) mass is 315 g/mol. The highest BCUT2D eigenvalue weighted by molar-refractivity contribution is 5.93. The van der Waals surface area contributed by atoms with Crippen LogP contribution in [-0.4, -0.2) is 14.5 Å². The molecule has 0 spiro atoms. The minimum atomic E-state index is -0.116. The van der Waals surface area contributed by atoms with Gasteiger partial charge in [0, 0.05) is 29.2 Å². The van der Waals surface area contributed by atoms with Crippen LogP contribution in [0.25, 0.3) is 34.0 Å². The van der Waals surface area contributed by atoms with Crippen molar-refractivity contribution in [2.45, 2.75) is 6.92 Å². The van der Waals surface area contributed by atoms with Crippen LogP contribution in [0.5, 0.6) is 0 Å². The van der Waals surface area contributed by atoms with E-state index in [1.165, 1.54) is 16.6 Å². The van der Waals surface area contributed by atoms with Crippen molar-refractivity contribution in [1.82, 2.24) is 14.5 Å². The molecule has 0 aliphatic heterocycles. The summed E-state index contributed by atoms with van der Waals surface area (Å²) >= 11 is 0. The fraction of sp³-hybridized carbons (Fsp3) is 0.100. The van der Waals surface area contributed by atoms with Crippen molar-refractivity contribution in [2.24, 2.45) is 7.05 Å². The molecule has 24 heavy (non-hydrogen) atoms. The van der Waals surface area contributed by atoms with E-state index in [-0.39, 0.29) is 5.56 Å². The second-order valence-electron chi connectivity index (χ2n) is 5.88. The average molecular weight is 315 g/mol. The van der Waals surface area contributed by atoms with Crippen LogP contribution < -0.4 is 5.56 Å². The lowest BCUT2D eigenvalue weighted by molar-refractivity contribution is 0.916. The van der Waals surface area contributed by atoms with Gasteiger partial charge >= 0.3 is 0 Å². The molecule has 0 saturated carbocycles. The summed E-state index contributed by atoms with van der Waals surface area (Å²) in [6.45, 7) is 2.09. The number of benzene rings is 2. The molecular weight excluding hydrogens is 298 g/mol. The first kappa shape index (κ1) is 14.5. The van der Waals surface area contributed by atoms with Crippen LogP contribution in [0.1, 0.15) is 17.1 Å². The smallest absolute Gasteiger partial charge is 0.259 e. The average Bonchev–Trinajstić information content (AvgIpc) is 2.85. The maximum atomic E-state index is 12.2. The Morgan fingerprint density at radius 3 is 2.54 bits per heavy atom. The molecule has 0 saturated heterocycles. The largest absolute Gasteiger partial charge is 0.347 e. The summed E-state index contributed by atoms with van der Waals surface area (Å²) in [5, 5.41) is 1.80. The van der Waals surface area contributed by atoms with Gasteiger partial charge in [-0.3, -0.25) is 4.79 Å². The van der Waals surface area contributed by atoms with Crippen LogP contribution in [0.15, 0.2) is 53.3 Å². The number of nitrogens with one attached hydrogen (secondary N) is 1. The first-order valence-corrected chi connectivity index (χ1v) is 7.86. The van der Waals surface area contributed by atoms with Crippen molar-refractivity contribution in [3.05, 3.63) is 76.0 Å². The van der Waals surface area contributed by atoms with E-state index in [2.05, 4.69) is 40.6 Å². The molecule has 4 heteroatoms. The van der Waals surface area contributed by atoms with Crippen molar-refractivity contribution in [3.63, 3.8) is 0 Å². The number of H-pyrrole nitrogens is 1. The Kier molecular flexibility index (Phi) is 3.31. The number of aromatic nitrogens is 3. The number of para-hydroxylation sites is 2. The van der Waals surface area contributed by atoms with Crippen molar-refractivity contribution < 1.29 is 0 Å². The number of hydrogen-bond acceptors (Lipinski definition) is 2. The summed E-state index contributed by atoms with van der Waals surface area (Å²) < 4.78 is 2.17. The van der Waals surface area contributed by atoms with Crippen LogP contribution in [0.3, 0.4) is 0 Å². The van der Waals surface area contributed by atoms with Gasteiger partial charge in [0.2, 0.25) is 0 Å². The molecule has 0 aliphatic carbocycles. The number of aryl methyl sites for hydroxylation is 1. The van der Waals surface area contributed by atoms with Gasteiger partial charge in [0.15, 0.2) is 0 Å². The van der Waals surface area contributed by atoms with Gasteiger partial charge < -0.3 is 9.55 Å². The van der Waals surface area contributed by atoms with E-state index in [0.717, 1.165) is 5.56 Å². The van der Waals surface area contributed by atoms with Crippen LogP contribution >= 0.6 is 0 Å². The molecule has 4 rings (SSSR count). The molecule has 0 bridgehead atoms. The molecule has 0 aliphatic rings. The Labute approximate surface area is 139 Å². The standard InChI is InChI=1S/C20H17N3O/c1-13-14(15-7-4-6-10-18(15)23(13)2)11-12-19-21-17-9-5-3-8-16(17)20(24)22-19/h3-12H,1-2H3,(H,21,22,24). The number of hydrogen-bond donors (Lipinski definition) is 1. The SMILES string of the molecule is Cc1c(C=Cc2nc3ccccc3c(=O)[nH]2)c2ccccc2n1C. The highest BCUT2D eigenvalue weighted by atomic mass is 16.1. The highest BCUT2D eigenvalue weighted by Crippen LogP contribution is 2.26. The zero-order valence-electron chi connectivity index (χ0n) is 13.6. The normalized spacial score (nSPS) is 11.8. The quantitative estimate of drug-likeness (QED) is 0.610. The lowest BCUT2D eigenvalue weighted by Crippen LogP contribution is -2.09. The third-order valence-electron chi connectivity index (χ3n) is 4.49. The lowest BCUT2D eigenvalue weighted by Gasteiger charge is -1.99. The maximum Gasteiger partial charge on any atom is 0.259 e. The molecule has 2 aromatic heterocycles. The first-order valence-electron chi connectivity index (χ1n) is 7.86. The fourth-order valence-electron chi connectivity index (χ4n) is 3.11. The minimum absolute atomic E-state index is 0.116. The predicted octanol–water partition coefficient (Wildman–Crippen LogP) is 3.89. The molecule has 0 atom stereocenters. The number of aromatic amines is 1. The van der Waals surface area contributed by atoms with Crippen LogP contribution in [0.2, 0.25) is 0 Å². The Balaban J connectivity index is 1.84. The van der Waals surface area contributed by atoms with Crippen molar-refractivity contribution in [1.29, 1.82) is 0 Å². The Morgan fingerprint density at radius 1 is 1.00 bits per heavy atom.